The summed E-state index contributed by atoms with van der Waals surface area (Å²) in [4.78, 5) is 14.4. The highest BCUT2D eigenvalue weighted by Crippen LogP contribution is 2.14. The zero-order valence-electron chi connectivity index (χ0n) is 15.4. The molecule has 4 heteroatoms. The van der Waals surface area contributed by atoms with Crippen molar-refractivity contribution in [3.63, 3.8) is 0 Å². The number of amides is 1. The van der Waals surface area contributed by atoms with E-state index in [4.69, 9.17) is 4.74 Å². The SMILES string of the molecule is CC(C)(C)OC(=O)N(CCCc1ccccc1)C[C@@H]1CCCCN1. The van der Waals surface area contributed by atoms with Crippen molar-refractivity contribution in [2.24, 2.45) is 0 Å². The molecule has 0 unspecified atom stereocenters. The number of aryl methyl sites for hydroxylation is 1. The highest BCUT2D eigenvalue weighted by atomic mass is 16.6. The van der Waals surface area contributed by atoms with Crippen LogP contribution < -0.4 is 5.32 Å². The molecule has 0 spiro atoms. The fraction of sp³-hybridized carbons (Fsp3) is 0.650. The third-order valence-electron chi connectivity index (χ3n) is 4.24. The Morgan fingerprint density at radius 1 is 1.25 bits per heavy atom. The van der Waals surface area contributed by atoms with Crippen LogP contribution >= 0.6 is 0 Å². The summed E-state index contributed by atoms with van der Waals surface area (Å²) in [5.74, 6) is 0. The Balaban J connectivity index is 1.89. The van der Waals surface area contributed by atoms with E-state index in [0.29, 0.717) is 6.04 Å². The molecule has 1 aliphatic rings. The van der Waals surface area contributed by atoms with Crippen LogP contribution in [0.4, 0.5) is 4.79 Å². The molecule has 1 aliphatic heterocycles. The molecule has 1 N–H and O–H groups in total. The molecule has 1 aromatic rings. The Hall–Kier alpha value is -1.55. The minimum atomic E-state index is -0.450. The van der Waals surface area contributed by atoms with Gasteiger partial charge >= 0.3 is 6.09 Å². The maximum Gasteiger partial charge on any atom is 0.410 e. The third-order valence-corrected chi connectivity index (χ3v) is 4.24. The number of benzene rings is 1. The first kappa shape index (κ1) is 18.8. The van der Waals surface area contributed by atoms with Crippen LogP contribution in [0.5, 0.6) is 0 Å². The average Bonchev–Trinajstić information content (AvgIpc) is 2.54. The van der Waals surface area contributed by atoms with Crippen molar-refractivity contribution >= 4 is 6.09 Å². The molecule has 1 atom stereocenters. The molecule has 134 valence electrons. The van der Waals surface area contributed by atoms with Gasteiger partial charge in [-0.3, -0.25) is 0 Å². The molecule has 4 nitrogen and oxygen atoms in total. The summed E-state index contributed by atoms with van der Waals surface area (Å²) in [6, 6.07) is 10.8. The first-order chi connectivity index (χ1) is 11.4. The quantitative estimate of drug-likeness (QED) is 0.856. The zero-order valence-corrected chi connectivity index (χ0v) is 15.4. The van der Waals surface area contributed by atoms with Gasteiger partial charge in [-0.15, -0.1) is 0 Å². The first-order valence-electron chi connectivity index (χ1n) is 9.19. The van der Waals surface area contributed by atoms with Crippen LogP contribution in [0.15, 0.2) is 30.3 Å². The van der Waals surface area contributed by atoms with Gasteiger partial charge in [-0.05, 0) is 58.6 Å². The summed E-state index contributed by atoms with van der Waals surface area (Å²) >= 11 is 0. The topological polar surface area (TPSA) is 41.6 Å². The number of ether oxygens (including phenoxy) is 1. The van der Waals surface area contributed by atoms with E-state index in [1.807, 2.05) is 31.7 Å². The minimum Gasteiger partial charge on any atom is -0.444 e. The third kappa shape index (κ3) is 6.91. The standard InChI is InChI=1S/C20H32N2O2/c1-20(2,3)24-19(23)22(16-18-13-7-8-14-21-18)15-9-12-17-10-5-4-6-11-17/h4-6,10-11,18,21H,7-9,12-16H2,1-3H3/t18-/m0/s1. The summed E-state index contributed by atoms with van der Waals surface area (Å²) in [5.41, 5.74) is 0.867. The van der Waals surface area contributed by atoms with Crippen molar-refractivity contribution in [1.82, 2.24) is 10.2 Å². The summed E-state index contributed by atoms with van der Waals surface area (Å²) in [6.45, 7) is 8.30. The van der Waals surface area contributed by atoms with Gasteiger partial charge in [-0.25, -0.2) is 4.79 Å². The van der Waals surface area contributed by atoms with Crippen LogP contribution in [0, 0.1) is 0 Å². The second-order valence-corrected chi connectivity index (χ2v) is 7.66. The van der Waals surface area contributed by atoms with E-state index in [1.54, 1.807) is 0 Å². The van der Waals surface area contributed by atoms with E-state index in [9.17, 15) is 4.79 Å². The Labute approximate surface area is 146 Å². The van der Waals surface area contributed by atoms with Gasteiger partial charge < -0.3 is 15.0 Å². The maximum absolute atomic E-state index is 12.6. The van der Waals surface area contributed by atoms with Crippen LogP contribution in [0.2, 0.25) is 0 Å². The van der Waals surface area contributed by atoms with Crippen molar-refractivity contribution < 1.29 is 9.53 Å². The van der Waals surface area contributed by atoms with Crippen LogP contribution in [-0.4, -0.2) is 42.3 Å². The second-order valence-electron chi connectivity index (χ2n) is 7.66. The molecule has 1 aromatic carbocycles. The number of hydrogen-bond acceptors (Lipinski definition) is 3. The summed E-state index contributed by atoms with van der Waals surface area (Å²) in [6.07, 6.45) is 5.36. The number of nitrogens with zero attached hydrogens (tertiary/aromatic N) is 1. The molecule has 0 saturated carbocycles. The van der Waals surface area contributed by atoms with Crippen molar-refractivity contribution in [3.05, 3.63) is 35.9 Å². The van der Waals surface area contributed by atoms with Crippen LogP contribution in [0.25, 0.3) is 0 Å². The largest absolute Gasteiger partial charge is 0.444 e. The number of carbonyl (C=O) groups is 1. The molecule has 1 saturated heterocycles. The van der Waals surface area contributed by atoms with Crippen LogP contribution in [0.3, 0.4) is 0 Å². The lowest BCUT2D eigenvalue weighted by Gasteiger charge is -2.32. The lowest BCUT2D eigenvalue weighted by Crippen LogP contribution is -2.47. The molecule has 1 heterocycles. The van der Waals surface area contributed by atoms with Gasteiger partial charge in [0.25, 0.3) is 0 Å². The number of piperidine rings is 1. The second kappa shape index (κ2) is 9.07. The van der Waals surface area contributed by atoms with Gasteiger partial charge in [0, 0.05) is 19.1 Å². The number of nitrogens with one attached hydrogen (secondary N) is 1. The number of rotatable bonds is 6. The minimum absolute atomic E-state index is 0.192. The number of carbonyl (C=O) groups excluding carboxylic acids is 1. The van der Waals surface area contributed by atoms with Crippen molar-refractivity contribution in [2.75, 3.05) is 19.6 Å². The molecule has 0 aromatic heterocycles. The fourth-order valence-electron chi connectivity index (χ4n) is 3.05. The lowest BCUT2D eigenvalue weighted by atomic mass is 10.0. The van der Waals surface area contributed by atoms with Gasteiger partial charge in [0.05, 0.1) is 0 Å². The van der Waals surface area contributed by atoms with Gasteiger partial charge in [0.1, 0.15) is 5.60 Å². The van der Waals surface area contributed by atoms with Gasteiger partial charge in [-0.1, -0.05) is 36.8 Å². The fourth-order valence-corrected chi connectivity index (χ4v) is 3.05. The molecule has 0 radical (unpaired) electrons. The molecular weight excluding hydrogens is 300 g/mol. The highest BCUT2D eigenvalue weighted by molar-refractivity contribution is 5.68. The number of hydrogen-bond donors (Lipinski definition) is 1. The molecule has 0 bridgehead atoms. The maximum atomic E-state index is 12.6. The van der Waals surface area contributed by atoms with E-state index >= 15 is 0 Å². The van der Waals surface area contributed by atoms with E-state index < -0.39 is 5.60 Å². The summed E-state index contributed by atoms with van der Waals surface area (Å²) in [5, 5.41) is 3.53. The monoisotopic (exact) mass is 332 g/mol. The van der Waals surface area contributed by atoms with Crippen molar-refractivity contribution in [1.29, 1.82) is 0 Å². The zero-order chi connectivity index (χ0) is 17.4. The smallest absolute Gasteiger partial charge is 0.410 e. The van der Waals surface area contributed by atoms with Crippen LogP contribution in [-0.2, 0) is 11.2 Å². The van der Waals surface area contributed by atoms with Crippen LogP contribution in [0.1, 0.15) is 52.0 Å². The Morgan fingerprint density at radius 2 is 2.00 bits per heavy atom. The van der Waals surface area contributed by atoms with Crippen molar-refractivity contribution in [2.45, 2.75) is 64.5 Å². The lowest BCUT2D eigenvalue weighted by molar-refractivity contribution is 0.0224. The van der Waals surface area contributed by atoms with Gasteiger partial charge in [0.2, 0.25) is 0 Å². The average molecular weight is 332 g/mol. The normalized spacial score (nSPS) is 18.2. The van der Waals surface area contributed by atoms with Gasteiger partial charge in [-0.2, -0.15) is 0 Å². The first-order valence-corrected chi connectivity index (χ1v) is 9.19. The predicted molar refractivity (Wildman–Crippen MR) is 98.2 cm³/mol. The molecular formula is C20H32N2O2. The van der Waals surface area contributed by atoms with Crippen molar-refractivity contribution in [3.8, 4) is 0 Å². The Kier molecular flexibility index (Phi) is 7.10. The molecule has 1 amide bonds. The van der Waals surface area contributed by atoms with E-state index in [1.165, 1.54) is 18.4 Å². The molecule has 0 aliphatic carbocycles. The molecule has 2 rings (SSSR count). The highest BCUT2D eigenvalue weighted by Gasteiger charge is 2.25. The van der Waals surface area contributed by atoms with E-state index in [2.05, 4.69) is 29.6 Å². The summed E-state index contributed by atoms with van der Waals surface area (Å²) < 4.78 is 5.60. The molecule has 1 fully saturated rings. The predicted octanol–water partition coefficient (Wildman–Crippen LogP) is 4.00. The molecule has 24 heavy (non-hydrogen) atoms. The summed E-state index contributed by atoms with van der Waals surface area (Å²) in [7, 11) is 0. The Bertz CT molecular complexity index is 490. The van der Waals surface area contributed by atoms with E-state index in [-0.39, 0.29) is 6.09 Å². The Morgan fingerprint density at radius 3 is 2.62 bits per heavy atom. The van der Waals surface area contributed by atoms with E-state index in [0.717, 1.165) is 38.9 Å². The van der Waals surface area contributed by atoms with Gasteiger partial charge in [0.15, 0.2) is 0 Å².